The third-order valence-electron chi connectivity index (χ3n) is 3.80. The molecule has 1 amide bonds. The predicted octanol–water partition coefficient (Wildman–Crippen LogP) is 3.69. The number of thiophene rings is 1. The molecule has 136 valence electrons. The Morgan fingerprint density at radius 3 is 2.96 bits per heavy atom. The highest BCUT2D eigenvalue weighted by atomic mass is 79.9. The number of fused-ring (bicyclic) bond motifs is 1. The third kappa shape index (κ3) is 4.55. The Morgan fingerprint density at radius 1 is 1.38 bits per heavy atom. The quantitative estimate of drug-likeness (QED) is 0.439. The van der Waals surface area contributed by atoms with E-state index < -0.39 is 0 Å². The Hall–Kier alpha value is -1.64. The second-order valence-corrected chi connectivity index (χ2v) is 8.46. The molecule has 1 N–H and O–H groups in total. The topological polar surface area (TPSA) is 64.0 Å². The molecule has 0 aliphatic heterocycles. The van der Waals surface area contributed by atoms with E-state index in [4.69, 9.17) is 0 Å². The summed E-state index contributed by atoms with van der Waals surface area (Å²) in [6, 6.07) is 9.51. The van der Waals surface area contributed by atoms with E-state index >= 15 is 0 Å². The van der Waals surface area contributed by atoms with Gasteiger partial charge in [0.1, 0.15) is 0 Å². The molecule has 0 fully saturated rings. The molecule has 3 rings (SSSR count). The molecule has 0 saturated carbocycles. The number of nitrogens with zero attached hydrogens (tertiary/aromatic N) is 2. The molecule has 0 spiro atoms. The van der Waals surface area contributed by atoms with Crippen molar-refractivity contribution in [3.05, 3.63) is 55.4 Å². The van der Waals surface area contributed by atoms with Crippen LogP contribution >= 0.6 is 39.0 Å². The molecular weight excluding hydrogens is 434 g/mol. The number of nitrogens with one attached hydrogen (secondary N) is 1. The van der Waals surface area contributed by atoms with Crippen LogP contribution < -0.4 is 10.9 Å². The summed E-state index contributed by atoms with van der Waals surface area (Å²) in [6.07, 6.45) is 0.830. The molecule has 5 nitrogen and oxygen atoms in total. The second-order valence-electron chi connectivity index (χ2n) is 5.57. The van der Waals surface area contributed by atoms with Crippen molar-refractivity contribution in [2.75, 3.05) is 12.3 Å². The van der Waals surface area contributed by atoms with Crippen molar-refractivity contribution in [1.29, 1.82) is 0 Å². The van der Waals surface area contributed by atoms with E-state index in [0.29, 0.717) is 29.1 Å². The van der Waals surface area contributed by atoms with Gasteiger partial charge in [0.05, 0.1) is 16.7 Å². The molecule has 0 aliphatic carbocycles. The zero-order valence-electron chi connectivity index (χ0n) is 14.2. The van der Waals surface area contributed by atoms with Crippen LogP contribution in [0.5, 0.6) is 0 Å². The lowest BCUT2D eigenvalue weighted by atomic mass is 10.2. The Bertz CT molecular complexity index is 970. The molecule has 0 saturated heterocycles. The Kier molecular flexibility index (Phi) is 6.50. The first kappa shape index (κ1) is 19.1. The molecule has 2 heterocycles. The Balaban J connectivity index is 1.67. The van der Waals surface area contributed by atoms with Gasteiger partial charge in [-0.25, -0.2) is 4.98 Å². The molecule has 0 radical (unpaired) electrons. The smallest absolute Gasteiger partial charge is 0.262 e. The van der Waals surface area contributed by atoms with Gasteiger partial charge in [0.25, 0.3) is 5.56 Å². The molecule has 3 aromatic rings. The SMILES string of the molecule is CCn1c(SCC(=O)NCCc2cccs2)nc2ccc(Br)cc2c1=O. The van der Waals surface area contributed by atoms with Crippen molar-refractivity contribution in [3.63, 3.8) is 0 Å². The number of rotatable bonds is 7. The number of carbonyl (C=O) groups excluding carboxylic acids is 1. The van der Waals surface area contributed by atoms with Gasteiger partial charge in [0.15, 0.2) is 5.16 Å². The van der Waals surface area contributed by atoms with Crippen molar-refractivity contribution < 1.29 is 4.79 Å². The lowest BCUT2D eigenvalue weighted by molar-refractivity contribution is -0.118. The molecule has 26 heavy (non-hydrogen) atoms. The van der Waals surface area contributed by atoms with E-state index in [0.717, 1.165) is 10.9 Å². The van der Waals surface area contributed by atoms with E-state index in [1.54, 1.807) is 22.0 Å². The summed E-state index contributed by atoms with van der Waals surface area (Å²) in [7, 11) is 0. The fraction of sp³-hybridized carbons (Fsp3) is 0.278. The second kappa shape index (κ2) is 8.83. The van der Waals surface area contributed by atoms with Gasteiger partial charge in [-0.05, 0) is 43.0 Å². The zero-order valence-corrected chi connectivity index (χ0v) is 17.4. The van der Waals surface area contributed by atoms with Gasteiger partial charge in [-0.2, -0.15) is 0 Å². The summed E-state index contributed by atoms with van der Waals surface area (Å²) < 4.78 is 2.45. The van der Waals surface area contributed by atoms with Gasteiger partial charge >= 0.3 is 0 Å². The normalized spacial score (nSPS) is 11.0. The fourth-order valence-corrected chi connectivity index (χ4v) is 4.49. The van der Waals surface area contributed by atoms with Crippen molar-refractivity contribution in [1.82, 2.24) is 14.9 Å². The molecule has 0 unspecified atom stereocenters. The van der Waals surface area contributed by atoms with E-state index in [2.05, 4.69) is 32.3 Å². The highest BCUT2D eigenvalue weighted by molar-refractivity contribution is 9.10. The van der Waals surface area contributed by atoms with E-state index in [-0.39, 0.29) is 17.2 Å². The summed E-state index contributed by atoms with van der Waals surface area (Å²) in [5.74, 6) is 0.179. The monoisotopic (exact) mass is 451 g/mol. The van der Waals surface area contributed by atoms with Crippen LogP contribution in [0.4, 0.5) is 0 Å². The third-order valence-corrected chi connectivity index (χ3v) is 6.21. The van der Waals surface area contributed by atoms with Crippen LogP contribution in [0.1, 0.15) is 11.8 Å². The first-order valence-corrected chi connectivity index (χ1v) is 10.9. The van der Waals surface area contributed by atoms with E-state index in [1.165, 1.54) is 16.6 Å². The van der Waals surface area contributed by atoms with Crippen LogP contribution in [0.15, 0.2) is 50.1 Å². The van der Waals surface area contributed by atoms with Crippen molar-refractivity contribution in [2.45, 2.75) is 25.0 Å². The highest BCUT2D eigenvalue weighted by Gasteiger charge is 2.12. The fourth-order valence-electron chi connectivity index (χ4n) is 2.52. The number of amides is 1. The summed E-state index contributed by atoms with van der Waals surface area (Å²) in [5.41, 5.74) is 0.558. The minimum atomic E-state index is -0.0839. The standard InChI is InChI=1S/C18H18BrN3O2S2/c1-2-22-17(24)14-10-12(19)5-6-15(14)21-18(22)26-11-16(23)20-8-7-13-4-3-9-25-13/h3-6,9-10H,2,7-8,11H2,1H3,(H,20,23). The molecule has 0 atom stereocenters. The number of carbonyl (C=O) groups is 1. The van der Waals surface area contributed by atoms with Crippen LogP contribution in [-0.2, 0) is 17.8 Å². The van der Waals surface area contributed by atoms with Crippen LogP contribution in [0, 0.1) is 0 Å². The Labute approximate surface area is 168 Å². The summed E-state index contributed by atoms with van der Waals surface area (Å²) in [5, 5.41) is 6.09. The van der Waals surface area contributed by atoms with Crippen molar-refractivity contribution >= 4 is 55.8 Å². The maximum absolute atomic E-state index is 12.7. The average molecular weight is 452 g/mol. The largest absolute Gasteiger partial charge is 0.355 e. The van der Waals surface area contributed by atoms with Crippen molar-refractivity contribution in [3.8, 4) is 0 Å². The highest BCUT2D eigenvalue weighted by Crippen LogP contribution is 2.20. The lowest BCUT2D eigenvalue weighted by Crippen LogP contribution is -2.28. The van der Waals surface area contributed by atoms with Crippen LogP contribution in [0.2, 0.25) is 0 Å². The summed E-state index contributed by atoms with van der Waals surface area (Å²) in [4.78, 5) is 30.6. The van der Waals surface area contributed by atoms with Crippen LogP contribution in [-0.4, -0.2) is 27.8 Å². The maximum Gasteiger partial charge on any atom is 0.262 e. The van der Waals surface area contributed by atoms with Crippen LogP contribution in [0.25, 0.3) is 10.9 Å². The lowest BCUT2D eigenvalue weighted by Gasteiger charge is -2.11. The number of aromatic nitrogens is 2. The van der Waals surface area contributed by atoms with Crippen molar-refractivity contribution in [2.24, 2.45) is 0 Å². The average Bonchev–Trinajstić information content (AvgIpc) is 3.14. The minimum absolute atomic E-state index is 0.0561. The van der Waals surface area contributed by atoms with Gasteiger partial charge < -0.3 is 5.32 Å². The van der Waals surface area contributed by atoms with Gasteiger partial charge in [0, 0.05) is 22.4 Å². The molecule has 0 bridgehead atoms. The maximum atomic E-state index is 12.7. The number of thioether (sulfide) groups is 1. The molecule has 2 aromatic heterocycles. The number of hydrogen-bond acceptors (Lipinski definition) is 5. The zero-order chi connectivity index (χ0) is 18.5. The summed E-state index contributed by atoms with van der Waals surface area (Å²) in [6.45, 7) is 3.02. The first-order chi connectivity index (χ1) is 12.6. The first-order valence-electron chi connectivity index (χ1n) is 8.20. The van der Waals surface area contributed by atoms with Gasteiger partial charge in [0.2, 0.25) is 5.91 Å². The molecule has 1 aromatic carbocycles. The van der Waals surface area contributed by atoms with Gasteiger partial charge in [-0.3, -0.25) is 14.2 Å². The van der Waals surface area contributed by atoms with Gasteiger partial charge in [-0.1, -0.05) is 33.8 Å². The molecule has 0 aliphatic rings. The number of benzene rings is 1. The van der Waals surface area contributed by atoms with Crippen LogP contribution in [0.3, 0.4) is 0 Å². The minimum Gasteiger partial charge on any atom is -0.355 e. The van der Waals surface area contributed by atoms with Gasteiger partial charge in [-0.15, -0.1) is 11.3 Å². The Morgan fingerprint density at radius 2 is 2.23 bits per heavy atom. The summed E-state index contributed by atoms with van der Waals surface area (Å²) >= 11 is 6.36. The number of hydrogen-bond donors (Lipinski definition) is 1. The van der Waals surface area contributed by atoms with E-state index in [9.17, 15) is 9.59 Å². The molecular formula is C18H18BrN3O2S2. The predicted molar refractivity (Wildman–Crippen MR) is 111 cm³/mol. The molecule has 8 heteroatoms. The number of halogens is 1. The van der Waals surface area contributed by atoms with E-state index in [1.807, 2.05) is 30.5 Å².